The summed E-state index contributed by atoms with van der Waals surface area (Å²) < 4.78 is 0. The Bertz CT molecular complexity index is 145. The highest BCUT2D eigenvalue weighted by molar-refractivity contribution is 4.76. The molecule has 0 N–H and O–H groups in total. The zero-order valence-corrected chi connectivity index (χ0v) is 9.58. The predicted octanol–water partition coefficient (Wildman–Crippen LogP) is 1.81. The lowest BCUT2D eigenvalue weighted by Gasteiger charge is -2.25. The van der Waals surface area contributed by atoms with Gasteiger partial charge in [0.05, 0.1) is 0 Å². The van der Waals surface area contributed by atoms with Gasteiger partial charge >= 0.3 is 0 Å². The fourth-order valence-electron chi connectivity index (χ4n) is 2.11. The summed E-state index contributed by atoms with van der Waals surface area (Å²) in [6.45, 7) is 14.2. The summed E-state index contributed by atoms with van der Waals surface area (Å²) in [5.74, 6) is 0. The number of nitrogens with zero attached hydrogens (tertiary/aromatic N) is 2. The molecule has 1 aliphatic rings. The van der Waals surface area contributed by atoms with Crippen LogP contribution in [0.25, 0.3) is 0 Å². The molecule has 0 aromatic heterocycles. The SMILES string of the molecule is CCN1CCN(C(C)C)CC[C@H]1C. The summed E-state index contributed by atoms with van der Waals surface area (Å²) in [5.41, 5.74) is 0. The molecular formula is C11H24N2. The van der Waals surface area contributed by atoms with Crippen molar-refractivity contribution in [3.63, 3.8) is 0 Å². The van der Waals surface area contributed by atoms with E-state index in [1.807, 2.05) is 0 Å². The minimum Gasteiger partial charge on any atom is -0.300 e. The van der Waals surface area contributed by atoms with Gasteiger partial charge in [0.2, 0.25) is 0 Å². The van der Waals surface area contributed by atoms with Gasteiger partial charge in [-0.15, -0.1) is 0 Å². The van der Waals surface area contributed by atoms with Gasteiger partial charge in [-0.05, 0) is 40.3 Å². The predicted molar refractivity (Wildman–Crippen MR) is 58.0 cm³/mol. The summed E-state index contributed by atoms with van der Waals surface area (Å²) in [4.78, 5) is 5.18. The van der Waals surface area contributed by atoms with Crippen LogP contribution in [-0.4, -0.2) is 48.1 Å². The largest absolute Gasteiger partial charge is 0.300 e. The van der Waals surface area contributed by atoms with E-state index in [0.717, 1.165) is 6.04 Å². The maximum Gasteiger partial charge on any atom is 0.0112 e. The smallest absolute Gasteiger partial charge is 0.0112 e. The molecular weight excluding hydrogens is 160 g/mol. The Kier molecular flexibility index (Phi) is 4.20. The number of hydrogen-bond acceptors (Lipinski definition) is 2. The Labute approximate surface area is 82.9 Å². The Balaban J connectivity index is 2.46. The third-order valence-corrected chi connectivity index (χ3v) is 3.27. The fourth-order valence-corrected chi connectivity index (χ4v) is 2.11. The van der Waals surface area contributed by atoms with E-state index < -0.39 is 0 Å². The highest BCUT2D eigenvalue weighted by Crippen LogP contribution is 2.11. The fraction of sp³-hybridized carbons (Fsp3) is 1.00. The molecule has 1 aliphatic heterocycles. The Morgan fingerprint density at radius 1 is 1.23 bits per heavy atom. The van der Waals surface area contributed by atoms with Crippen LogP contribution in [0.4, 0.5) is 0 Å². The lowest BCUT2D eigenvalue weighted by molar-refractivity contribution is 0.212. The molecule has 2 nitrogen and oxygen atoms in total. The quantitative estimate of drug-likeness (QED) is 0.646. The zero-order valence-electron chi connectivity index (χ0n) is 9.58. The van der Waals surface area contributed by atoms with Crippen LogP contribution < -0.4 is 0 Å². The topological polar surface area (TPSA) is 6.48 Å². The van der Waals surface area contributed by atoms with Gasteiger partial charge < -0.3 is 0 Å². The molecule has 0 radical (unpaired) electrons. The molecule has 2 heteroatoms. The Hall–Kier alpha value is -0.0800. The molecule has 0 aliphatic carbocycles. The first kappa shape index (κ1) is 11.0. The number of hydrogen-bond donors (Lipinski definition) is 0. The van der Waals surface area contributed by atoms with Gasteiger partial charge in [-0.2, -0.15) is 0 Å². The minimum atomic E-state index is 0.712. The van der Waals surface area contributed by atoms with Crippen molar-refractivity contribution >= 4 is 0 Å². The van der Waals surface area contributed by atoms with Crippen molar-refractivity contribution in [2.45, 2.75) is 46.2 Å². The van der Waals surface area contributed by atoms with Crippen LogP contribution in [0.3, 0.4) is 0 Å². The second-order valence-electron chi connectivity index (χ2n) is 4.40. The summed E-state index contributed by atoms with van der Waals surface area (Å²) >= 11 is 0. The van der Waals surface area contributed by atoms with E-state index in [9.17, 15) is 0 Å². The van der Waals surface area contributed by atoms with Gasteiger partial charge in [0.15, 0.2) is 0 Å². The molecule has 0 aromatic rings. The van der Waals surface area contributed by atoms with E-state index in [-0.39, 0.29) is 0 Å². The van der Waals surface area contributed by atoms with Crippen molar-refractivity contribution in [2.75, 3.05) is 26.2 Å². The molecule has 1 atom stereocenters. The second kappa shape index (κ2) is 4.97. The maximum absolute atomic E-state index is 2.59. The molecule has 1 heterocycles. The van der Waals surface area contributed by atoms with Crippen molar-refractivity contribution in [2.24, 2.45) is 0 Å². The van der Waals surface area contributed by atoms with Crippen molar-refractivity contribution in [1.29, 1.82) is 0 Å². The molecule has 0 bridgehead atoms. The van der Waals surface area contributed by atoms with Gasteiger partial charge in [0.25, 0.3) is 0 Å². The van der Waals surface area contributed by atoms with Crippen molar-refractivity contribution in [3.05, 3.63) is 0 Å². The lowest BCUT2D eigenvalue weighted by atomic mass is 10.2. The van der Waals surface area contributed by atoms with E-state index in [1.165, 1.54) is 32.6 Å². The average molecular weight is 184 g/mol. The molecule has 0 saturated carbocycles. The molecule has 0 unspecified atom stereocenters. The third-order valence-electron chi connectivity index (χ3n) is 3.27. The van der Waals surface area contributed by atoms with Crippen molar-refractivity contribution in [3.8, 4) is 0 Å². The van der Waals surface area contributed by atoms with Crippen LogP contribution in [0.15, 0.2) is 0 Å². The standard InChI is InChI=1S/C11H24N2/c1-5-12-8-9-13(10(2)3)7-6-11(12)4/h10-11H,5-9H2,1-4H3/t11-/m1/s1. The molecule has 1 rings (SSSR count). The van der Waals surface area contributed by atoms with Gasteiger partial charge in [-0.1, -0.05) is 6.92 Å². The maximum atomic E-state index is 2.59. The van der Waals surface area contributed by atoms with E-state index >= 15 is 0 Å². The highest BCUT2D eigenvalue weighted by Gasteiger charge is 2.20. The summed E-state index contributed by atoms with van der Waals surface area (Å²) in [6, 6.07) is 1.48. The number of rotatable bonds is 2. The van der Waals surface area contributed by atoms with E-state index in [4.69, 9.17) is 0 Å². The molecule has 0 aromatic carbocycles. The van der Waals surface area contributed by atoms with Crippen LogP contribution in [0.1, 0.15) is 34.1 Å². The first-order valence-corrected chi connectivity index (χ1v) is 5.63. The lowest BCUT2D eigenvalue weighted by Crippen LogP contribution is -2.36. The summed E-state index contributed by atoms with van der Waals surface area (Å²) in [7, 11) is 0. The molecule has 0 amide bonds. The normalized spacial score (nSPS) is 27.9. The molecule has 1 saturated heterocycles. The summed E-state index contributed by atoms with van der Waals surface area (Å²) in [6.07, 6.45) is 1.33. The first-order chi connectivity index (χ1) is 6.15. The van der Waals surface area contributed by atoms with Gasteiger partial charge in [0.1, 0.15) is 0 Å². The van der Waals surface area contributed by atoms with E-state index in [2.05, 4.69) is 37.5 Å². The van der Waals surface area contributed by atoms with Crippen LogP contribution in [0.5, 0.6) is 0 Å². The Morgan fingerprint density at radius 2 is 1.92 bits per heavy atom. The molecule has 78 valence electrons. The van der Waals surface area contributed by atoms with Crippen molar-refractivity contribution in [1.82, 2.24) is 9.80 Å². The monoisotopic (exact) mass is 184 g/mol. The van der Waals surface area contributed by atoms with Gasteiger partial charge in [0, 0.05) is 25.2 Å². The number of likely N-dealkylation sites (N-methyl/N-ethyl adjacent to an activating group) is 1. The highest BCUT2D eigenvalue weighted by atomic mass is 15.2. The summed E-state index contributed by atoms with van der Waals surface area (Å²) in [5, 5.41) is 0. The van der Waals surface area contributed by atoms with Crippen LogP contribution >= 0.6 is 0 Å². The average Bonchev–Trinajstić information content (AvgIpc) is 2.27. The third kappa shape index (κ3) is 2.96. The minimum absolute atomic E-state index is 0.712. The van der Waals surface area contributed by atoms with Crippen LogP contribution in [0, 0.1) is 0 Å². The molecule has 0 spiro atoms. The van der Waals surface area contributed by atoms with Crippen LogP contribution in [0.2, 0.25) is 0 Å². The zero-order chi connectivity index (χ0) is 9.84. The Morgan fingerprint density at radius 3 is 2.46 bits per heavy atom. The molecule has 13 heavy (non-hydrogen) atoms. The van der Waals surface area contributed by atoms with Gasteiger partial charge in [-0.25, -0.2) is 0 Å². The first-order valence-electron chi connectivity index (χ1n) is 5.63. The van der Waals surface area contributed by atoms with Crippen LogP contribution in [-0.2, 0) is 0 Å². The van der Waals surface area contributed by atoms with Crippen molar-refractivity contribution < 1.29 is 0 Å². The second-order valence-corrected chi connectivity index (χ2v) is 4.40. The van der Waals surface area contributed by atoms with E-state index in [1.54, 1.807) is 0 Å². The van der Waals surface area contributed by atoms with Gasteiger partial charge in [-0.3, -0.25) is 9.80 Å². The van der Waals surface area contributed by atoms with E-state index in [0.29, 0.717) is 6.04 Å². The molecule has 1 fully saturated rings.